The van der Waals surface area contributed by atoms with E-state index in [0.29, 0.717) is 5.02 Å². The van der Waals surface area contributed by atoms with Crippen LogP contribution in [0.25, 0.3) is 0 Å². The third-order valence-electron chi connectivity index (χ3n) is 3.19. The summed E-state index contributed by atoms with van der Waals surface area (Å²) in [4.78, 5) is 23.5. The zero-order valence-electron chi connectivity index (χ0n) is 12.8. The van der Waals surface area contributed by atoms with E-state index in [1.807, 2.05) is 0 Å². The van der Waals surface area contributed by atoms with Gasteiger partial charge in [0.25, 0.3) is 5.91 Å². The molecule has 0 aliphatic rings. The molecule has 132 valence electrons. The molecule has 25 heavy (non-hydrogen) atoms. The second kappa shape index (κ2) is 8.09. The van der Waals surface area contributed by atoms with Crippen LogP contribution in [-0.2, 0) is 14.6 Å². The summed E-state index contributed by atoms with van der Waals surface area (Å²) >= 11 is 5.70. The maximum Gasteiger partial charge on any atom is 0.269 e. The molecular formula is C16H14ClFN2O4S. The molecule has 0 fully saturated rings. The lowest BCUT2D eigenvalue weighted by atomic mass is 10.2. The van der Waals surface area contributed by atoms with Crippen LogP contribution in [0.4, 0.5) is 4.39 Å². The van der Waals surface area contributed by atoms with Crippen LogP contribution in [0.5, 0.6) is 0 Å². The van der Waals surface area contributed by atoms with Gasteiger partial charge in [-0.3, -0.25) is 20.4 Å². The standard InChI is InChI=1S/C16H14ClFN2O4S/c17-12-3-7-14(8-4-12)25(23,24)10-9-15(21)19-20-16(22)11-1-5-13(18)6-2-11/h1-8H,9-10H2,(H,19,21)(H,20,22). The summed E-state index contributed by atoms with van der Waals surface area (Å²) in [6.45, 7) is 0. The first kappa shape index (κ1) is 18.9. The van der Waals surface area contributed by atoms with Crippen molar-refractivity contribution in [1.82, 2.24) is 10.9 Å². The molecule has 0 unspecified atom stereocenters. The van der Waals surface area contributed by atoms with Crippen molar-refractivity contribution in [3.63, 3.8) is 0 Å². The van der Waals surface area contributed by atoms with E-state index in [4.69, 9.17) is 11.6 Å². The SMILES string of the molecule is O=C(CCS(=O)(=O)c1ccc(Cl)cc1)NNC(=O)c1ccc(F)cc1. The zero-order chi connectivity index (χ0) is 18.4. The molecule has 0 bridgehead atoms. The van der Waals surface area contributed by atoms with Gasteiger partial charge in [0.1, 0.15) is 5.82 Å². The van der Waals surface area contributed by atoms with Crippen molar-refractivity contribution in [1.29, 1.82) is 0 Å². The summed E-state index contributed by atoms with van der Waals surface area (Å²) in [6.07, 6.45) is -0.339. The number of rotatable bonds is 5. The minimum atomic E-state index is -3.64. The van der Waals surface area contributed by atoms with Gasteiger partial charge < -0.3 is 0 Å². The van der Waals surface area contributed by atoms with Gasteiger partial charge in [-0.2, -0.15) is 0 Å². The van der Waals surface area contributed by atoms with Crippen LogP contribution in [0.3, 0.4) is 0 Å². The largest absolute Gasteiger partial charge is 0.273 e. The van der Waals surface area contributed by atoms with Crippen LogP contribution in [0, 0.1) is 5.82 Å². The van der Waals surface area contributed by atoms with E-state index in [2.05, 4.69) is 10.9 Å². The molecule has 0 atom stereocenters. The lowest BCUT2D eigenvalue weighted by molar-refractivity contribution is -0.121. The number of sulfone groups is 1. The minimum absolute atomic E-state index is 0.0556. The van der Waals surface area contributed by atoms with Gasteiger partial charge in [0.15, 0.2) is 9.84 Å². The van der Waals surface area contributed by atoms with Gasteiger partial charge in [0.2, 0.25) is 5.91 Å². The molecule has 2 aromatic rings. The third kappa shape index (κ3) is 5.54. The Balaban J connectivity index is 1.85. The first-order valence-electron chi connectivity index (χ1n) is 7.11. The van der Waals surface area contributed by atoms with Gasteiger partial charge >= 0.3 is 0 Å². The molecule has 2 aromatic carbocycles. The second-order valence-electron chi connectivity index (χ2n) is 5.03. The number of benzene rings is 2. The van der Waals surface area contributed by atoms with E-state index in [1.54, 1.807) is 0 Å². The molecule has 0 spiro atoms. The van der Waals surface area contributed by atoms with Gasteiger partial charge in [0, 0.05) is 17.0 Å². The van der Waals surface area contributed by atoms with Crippen LogP contribution < -0.4 is 10.9 Å². The normalized spacial score (nSPS) is 11.0. The van der Waals surface area contributed by atoms with Crippen LogP contribution in [0.1, 0.15) is 16.8 Å². The number of carbonyl (C=O) groups excluding carboxylic acids is 2. The number of halogens is 2. The highest BCUT2D eigenvalue weighted by Crippen LogP contribution is 2.15. The Kier molecular flexibility index (Phi) is 6.11. The average molecular weight is 385 g/mol. The fourth-order valence-electron chi connectivity index (χ4n) is 1.85. The van der Waals surface area contributed by atoms with Gasteiger partial charge in [-0.25, -0.2) is 12.8 Å². The highest BCUT2D eigenvalue weighted by Gasteiger charge is 2.17. The summed E-state index contributed by atoms with van der Waals surface area (Å²) in [5.74, 6) is -2.23. The summed E-state index contributed by atoms with van der Waals surface area (Å²) in [5, 5.41) is 0.403. The van der Waals surface area contributed by atoms with Crippen molar-refractivity contribution in [2.24, 2.45) is 0 Å². The topological polar surface area (TPSA) is 92.3 Å². The van der Waals surface area contributed by atoms with E-state index in [1.165, 1.54) is 36.4 Å². The third-order valence-corrected chi connectivity index (χ3v) is 5.18. The monoisotopic (exact) mass is 384 g/mol. The molecule has 2 rings (SSSR count). The molecule has 0 saturated carbocycles. The Bertz CT molecular complexity index is 868. The highest BCUT2D eigenvalue weighted by molar-refractivity contribution is 7.91. The van der Waals surface area contributed by atoms with Crippen molar-refractivity contribution in [3.8, 4) is 0 Å². The highest BCUT2D eigenvalue weighted by atomic mass is 35.5. The van der Waals surface area contributed by atoms with Crippen molar-refractivity contribution in [2.75, 3.05) is 5.75 Å². The molecule has 0 aliphatic carbocycles. The average Bonchev–Trinajstić information content (AvgIpc) is 2.59. The minimum Gasteiger partial charge on any atom is -0.273 e. The number of hydrazine groups is 1. The first-order chi connectivity index (χ1) is 11.8. The predicted octanol–water partition coefficient (Wildman–Crippen LogP) is 2.10. The number of carbonyl (C=O) groups is 2. The Morgan fingerprint density at radius 3 is 2.16 bits per heavy atom. The molecule has 0 saturated heterocycles. The molecule has 0 radical (unpaired) electrons. The van der Waals surface area contributed by atoms with E-state index < -0.39 is 33.2 Å². The van der Waals surface area contributed by atoms with Crippen molar-refractivity contribution in [2.45, 2.75) is 11.3 Å². The summed E-state index contributed by atoms with van der Waals surface area (Å²) < 4.78 is 37.0. The van der Waals surface area contributed by atoms with Gasteiger partial charge in [0.05, 0.1) is 10.6 Å². The fraction of sp³-hybridized carbons (Fsp3) is 0.125. The van der Waals surface area contributed by atoms with Gasteiger partial charge in [-0.15, -0.1) is 0 Å². The zero-order valence-corrected chi connectivity index (χ0v) is 14.4. The molecule has 9 heteroatoms. The van der Waals surface area contributed by atoms with Crippen LogP contribution in [0.15, 0.2) is 53.4 Å². The molecule has 0 heterocycles. The molecular weight excluding hydrogens is 371 g/mol. The molecule has 0 aliphatic heterocycles. The summed E-state index contributed by atoms with van der Waals surface area (Å²) in [5.41, 5.74) is 4.39. The quantitative estimate of drug-likeness (QED) is 0.772. The van der Waals surface area contributed by atoms with E-state index in [0.717, 1.165) is 12.1 Å². The van der Waals surface area contributed by atoms with Crippen LogP contribution in [-0.4, -0.2) is 26.0 Å². The Morgan fingerprint density at radius 1 is 0.960 bits per heavy atom. The summed E-state index contributed by atoms with van der Waals surface area (Å²) in [6, 6.07) is 10.3. The van der Waals surface area contributed by atoms with Crippen molar-refractivity contribution in [3.05, 3.63) is 64.9 Å². The lowest BCUT2D eigenvalue weighted by Crippen LogP contribution is -2.42. The Morgan fingerprint density at radius 2 is 1.56 bits per heavy atom. The summed E-state index contributed by atoms with van der Waals surface area (Å²) in [7, 11) is -3.64. The lowest BCUT2D eigenvalue weighted by Gasteiger charge is -2.08. The fourth-order valence-corrected chi connectivity index (χ4v) is 3.22. The predicted molar refractivity (Wildman–Crippen MR) is 90.1 cm³/mol. The van der Waals surface area contributed by atoms with E-state index in [9.17, 15) is 22.4 Å². The van der Waals surface area contributed by atoms with Crippen molar-refractivity contribution < 1.29 is 22.4 Å². The number of hydrogen-bond donors (Lipinski definition) is 2. The second-order valence-corrected chi connectivity index (χ2v) is 7.58. The molecule has 0 aromatic heterocycles. The van der Waals surface area contributed by atoms with Gasteiger partial charge in [-0.05, 0) is 48.5 Å². The molecule has 6 nitrogen and oxygen atoms in total. The maximum atomic E-state index is 12.8. The molecule has 2 N–H and O–H groups in total. The van der Waals surface area contributed by atoms with Crippen LogP contribution in [0.2, 0.25) is 5.02 Å². The number of amides is 2. The Hall–Kier alpha value is -2.45. The molecule has 2 amide bonds. The van der Waals surface area contributed by atoms with E-state index in [-0.39, 0.29) is 16.9 Å². The smallest absolute Gasteiger partial charge is 0.269 e. The first-order valence-corrected chi connectivity index (χ1v) is 9.14. The van der Waals surface area contributed by atoms with Crippen molar-refractivity contribution >= 4 is 33.3 Å². The number of nitrogens with one attached hydrogen (secondary N) is 2. The van der Waals surface area contributed by atoms with Gasteiger partial charge in [-0.1, -0.05) is 11.6 Å². The van der Waals surface area contributed by atoms with Crippen LogP contribution >= 0.6 is 11.6 Å². The Labute approximate surface area is 148 Å². The number of hydrogen-bond acceptors (Lipinski definition) is 4. The van der Waals surface area contributed by atoms with E-state index >= 15 is 0 Å². The maximum absolute atomic E-state index is 12.8.